The highest BCUT2D eigenvalue weighted by Crippen LogP contribution is 2.66. The van der Waals surface area contributed by atoms with Crippen molar-refractivity contribution in [2.24, 2.45) is 40.2 Å². The lowest BCUT2D eigenvalue weighted by Crippen LogP contribution is -2.50. The minimum Gasteiger partial charge on any atom is -0.461 e. The second-order valence-corrected chi connectivity index (χ2v) is 11.9. The monoisotopic (exact) mass is 448 g/mol. The van der Waals surface area contributed by atoms with Crippen molar-refractivity contribution in [1.29, 1.82) is 0 Å². The van der Waals surface area contributed by atoms with Gasteiger partial charge in [-0.25, -0.2) is 0 Å². The molecule has 4 aliphatic rings. The zero-order valence-corrected chi connectivity index (χ0v) is 20.7. The molecule has 0 aromatic carbocycles. The average molecular weight is 449 g/mol. The van der Waals surface area contributed by atoms with Crippen LogP contribution >= 0.6 is 0 Å². The predicted molar refractivity (Wildman–Crippen MR) is 132 cm³/mol. The molecule has 0 spiro atoms. The summed E-state index contributed by atoms with van der Waals surface area (Å²) in [5, 5.41) is 0. The topological polar surface area (TPSA) is 65.2 Å². The number of fused-ring (bicyclic) bond motifs is 5. The van der Waals surface area contributed by atoms with Crippen LogP contribution in [0.25, 0.3) is 5.57 Å². The molecule has 0 unspecified atom stereocenters. The molecule has 2 fully saturated rings. The van der Waals surface area contributed by atoms with Crippen molar-refractivity contribution in [3.63, 3.8) is 0 Å². The normalized spacial score (nSPS) is 38.5. The summed E-state index contributed by atoms with van der Waals surface area (Å²) < 4.78 is 5.87. The van der Waals surface area contributed by atoms with Crippen molar-refractivity contribution in [3.05, 3.63) is 47.8 Å². The molecule has 4 aliphatic carbocycles. The van der Waals surface area contributed by atoms with Crippen molar-refractivity contribution >= 4 is 11.5 Å². The van der Waals surface area contributed by atoms with Gasteiger partial charge >= 0.3 is 5.97 Å². The first-order valence-electron chi connectivity index (χ1n) is 13.0. The van der Waals surface area contributed by atoms with E-state index < -0.39 is 6.04 Å². The standard InChI is InChI=1S/C29H40N2O2/c1-18(2)26(30)27(32)33-21-11-13-28(3)20(16-21)7-8-22-24-10-9-23(19-6-5-15-31-17-19)29(24,4)14-12-25(22)28/h5-7,9,15,17-18,21-22,24-26H,8,10-14,16,30H2,1-4H3/t21-,22-,24-,25-,26+,28-,29+/m0/s1. The molecule has 1 aromatic heterocycles. The first-order valence-corrected chi connectivity index (χ1v) is 13.0. The fourth-order valence-corrected chi connectivity index (χ4v) is 7.78. The second kappa shape index (κ2) is 8.37. The van der Waals surface area contributed by atoms with Gasteiger partial charge in [0.05, 0.1) is 0 Å². The highest BCUT2D eigenvalue weighted by Gasteiger charge is 2.57. The quantitative estimate of drug-likeness (QED) is 0.458. The highest BCUT2D eigenvalue weighted by molar-refractivity contribution is 5.76. The molecule has 4 nitrogen and oxygen atoms in total. The van der Waals surface area contributed by atoms with E-state index in [4.69, 9.17) is 10.5 Å². The predicted octanol–water partition coefficient (Wildman–Crippen LogP) is 5.93. The van der Waals surface area contributed by atoms with Gasteiger partial charge < -0.3 is 10.5 Å². The van der Waals surface area contributed by atoms with Crippen molar-refractivity contribution in [3.8, 4) is 0 Å². The molecule has 0 amide bonds. The van der Waals surface area contributed by atoms with Crippen LogP contribution in [0, 0.1) is 34.5 Å². The first kappa shape index (κ1) is 22.8. The molecule has 0 saturated heterocycles. The minimum absolute atomic E-state index is 0.0163. The van der Waals surface area contributed by atoms with Gasteiger partial charge in [-0.05, 0) is 90.2 Å². The first-order chi connectivity index (χ1) is 15.7. The van der Waals surface area contributed by atoms with E-state index in [0.717, 1.165) is 37.5 Å². The molecule has 1 heterocycles. The molecule has 7 atom stereocenters. The van der Waals surface area contributed by atoms with E-state index >= 15 is 0 Å². The Morgan fingerprint density at radius 3 is 2.64 bits per heavy atom. The van der Waals surface area contributed by atoms with Gasteiger partial charge in [-0.3, -0.25) is 9.78 Å². The van der Waals surface area contributed by atoms with Crippen molar-refractivity contribution < 1.29 is 9.53 Å². The average Bonchev–Trinajstić information content (AvgIpc) is 3.16. The SMILES string of the molecule is CC(C)[C@@H](N)C(=O)O[C@H]1CC[C@@]2(C)C(=CC[C@@H]3[C@@H]2CC[C@]2(C)C(c4cccnc4)=CC[C@@H]32)C1. The van der Waals surface area contributed by atoms with Gasteiger partial charge in [0.2, 0.25) is 0 Å². The Morgan fingerprint density at radius 2 is 1.91 bits per heavy atom. The summed E-state index contributed by atoms with van der Waals surface area (Å²) in [6.45, 7) is 8.96. The smallest absolute Gasteiger partial charge is 0.323 e. The van der Waals surface area contributed by atoms with E-state index in [0.29, 0.717) is 5.92 Å². The summed E-state index contributed by atoms with van der Waals surface area (Å²) in [6.07, 6.45) is 16.8. The van der Waals surface area contributed by atoms with Crippen LogP contribution in [0.4, 0.5) is 0 Å². The van der Waals surface area contributed by atoms with Gasteiger partial charge in [-0.15, -0.1) is 0 Å². The van der Waals surface area contributed by atoms with E-state index in [9.17, 15) is 4.79 Å². The number of rotatable bonds is 4. The van der Waals surface area contributed by atoms with Crippen molar-refractivity contribution in [2.45, 2.75) is 84.8 Å². The Morgan fingerprint density at radius 1 is 1.12 bits per heavy atom. The van der Waals surface area contributed by atoms with E-state index in [1.54, 1.807) is 0 Å². The van der Waals surface area contributed by atoms with Crippen molar-refractivity contribution in [2.75, 3.05) is 0 Å². The summed E-state index contributed by atoms with van der Waals surface area (Å²) in [5.74, 6) is 2.04. The third kappa shape index (κ3) is 3.69. The lowest BCUT2D eigenvalue weighted by molar-refractivity contribution is -0.154. The molecular weight excluding hydrogens is 408 g/mol. The van der Waals surface area contributed by atoms with Crippen LogP contribution in [0.5, 0.6) is 0 Å². The summed E-state index contributed by atoms with van der Waals surface area (Å²) in [7, 11) is 0. The number of hydrogen-bond donors (Lipinski definition) is 1. The zero-order chi connectivity index (χ0) is 23.4. The van der Waals surface area contributed by atoms with Crippen LogP contribution in [0.1, 0.15) is 78.2 Å². The minimum atomic E-state index is -0.525. The zero-order valence-electron chi connectivity index (χ0n) is 20.7. The van der Waals surface area contributed by atoms with E-state index in [1.807, 2.05) is 26.2 Å². The van der Waals surface area contributed by atoms with Gasteiger partial charge in [0.15, 0.2) is 0 Å². The number of carbonyl (C=O) groups excluding carboxylic acids is 1. The van der Waals surface area contributed by atoms with E-state index in [2.05, 4.69) is 43.1 Å². The molecule has 0 radical (unpaired) electrons. The van der Waals surface area contributed by atoms with Gasteiger partial charge in [0.25, 0.3) is 0 Å². The number of aromatic nitrogens is 1. The molecule has 178 valence electrons. The van der Waals surface area contributed by atoms with Gasteiger partial charge in [0.1, 0.15) is 12.1 Å². The Hall–Kier alpha value is -1.94. The molecule has 5 rings (SSSR count). The number of nitrogens with zero attached hydrogens (tertiary/aromatic N) is 1. The van der Waals surface area contributed by atoms with Crippen LogP contribution in [0.2, 0.25) is 0 Å². The maximum atomic E-state index is 12.5. The number of carbonyl (C=O) groups is 1. The summed E-state index contributed by atoms with van der Waals surface area (Å²) >= 11 is 0. The Kier molecular flexibility index (Phi) is 5.79. The molecular formula is C29H40N2O2. The summed E-state index contributed by atoms with van der Waals surface area (Å²) in [4.78, 5) is 16.8. The Balaban J connectivity index is 1.33. The highest BCUT2D eigenvalue weighted by atomic mass is 16.5. The third-order valence-electron chi connectivity index (χ3n) is 9.89. The number of esters is 1. The van der Waals surface area contributed by atoms with E-state index in [1.165, 1.54) is 36.0 Å². The van der Waals surface area contributed by atoms with Crippen LogP contribution in [-0.4, -0.2) is 23.1 Å². The summed E-state index contributed by atoms with van der Waals surface area (Å²) in [5.41, 5.74) is 10.9. The Bertz CT molecular complexity index is 967. The lowest BCUT2D eigenvalue weighted by atomic mass is 9.47. The molecule has 1 aromatic rings. The van der Waals surface area contributed by atoms with Gasteiger partial charge in [-0.2, -0.15) is 0 Å². The number of ether oxygens (including phenoxy) is 1. The Labute approximate surface area is 199 Å². The number of nitrogens with two attached hydrogens (primary N) is 1. The second-order valence-electron chi connectivity index (χ2n) is 11.9. The largest absolute Gasteiger partial charge is 0.461 e. The number of hydrogen-bond acceptors (Lipinski definition) is 4. The van der Waals surface area contributed by atoms with Crippen LogP contribution in [0.3, 0.4) is 0 Å². The maximum Gasteiger partial charge on any atom is 0.323 e. The van der Waals surface area contributed by atoms with Crippen molar-refractivity contribution in [1.82, 2.24) is 4.98 Å². The van der Waals surface area contributed by atoms with Crippen LogP contribution in [-0.2, 0) is 9.53 Å². The number of pyridine rings is 1. The molecule has 33 heavy (non-hydrogen) atoms. The van der Waals surface area contributed by atoms with Gasteiger partial charge in [0, 0.05) is 18.8 Å². The fourth-order valence-electron chi connectivity index (χ4n) is 7.78. The third-order valence-corrected chi connectivity index (χ3v) is 9.89. The van der Waals surface area contributed by atoms with Crippen LogP contribution in [0.15, 0.2) is 42.3 Å². The fraction of sp³-hybridized carbons (Fsp3) is 0.655. The van der Waals surface area contributed by atoms with Gasteiger partial charge in [-0.1, -0.05) is 51.5 Å². The molecule has 0 aliphatic heterocycles. The molecule has 4 heteroatoms. The van der Waals surface area contributed by atoms with Crippen LogP contribution < -0.4 is 5.73 Å². The van der Waals surface area contributed by atoms with E-state index in [-0.39, 0.29) is 28.8 Å². The molecule has 2 saturated carbocycles. The number of allylic oxidation sites excluding steroid dienone is 3. The lowest BCUT2D eigenvalue weighted by Gasteiger charge is -2.57. The maximum absolute atomic E-state index is 12.5. The molecule has 2 N–H and O–H groups in total. The summed E-state index contributed by atoms with van der Waals surface area (Å²) in [6, 6.07) is 3.77. The molecule has 0 bridgehead atoms.